The maximum Gasteiger partial charge on any atom is 0.0377 e. The number of aryl methyl sites for hydroxylation is 2. The summed E-state index contributed by atoms with van der Waals surface area (Å²) >= 11 is 0. The molecule has 0 amide bonds. The van der Waals surface area contributed by atoms with Crippen molar-refractivity contribution in [1.82, 2.24) is 15.1 Å². The third-order valence-corrected chi connectivity index (χ3v) is 4.86. The van der Waals surface area contributed by atoms with Gasteiger partial charge in [-0.3, -0.25) is 4.90 Å². The lowest BCUT2D eigenvalue weighted by atomic mass is 9.94. The van der Waals surface area contributed by atoms with Gasteiger partial charge in [0, 0.05) is 31.7 Å². The lowest BCUT2D eigenvalue weighted by Gasteiger charge is -2.42. The molecule has 1 heterocycles. The molecule has 1 aliphatic rings. The summed E-state index contributed by atoms with van der Waals surface area (Å²) in [6, 6.07) is 8.01. The van der Waals surface area contributed by atoms with Crippen LogP contribution in [0.5, 0.6) is 0 Å². The molecule has 3 nitrogen and oxygen atoms in total. The Morgan fingerprint density at radius 2 is 1.95 bits per heavy atom. The molecule has 3 heteroatoms. The van der Waals surface area contributed by atoms with E-state index in [0.717, 1.165) is 26.1 Å². The normalized spacial score (nSPS) is 22.4. The molecule has 0 bridgehead atoms. The third kappa shape index (κ3) is 4.29. The van der Waals surface area contributed by atoms with Gasteiger partial charge in [0.1, 0.15) is 0 Å². The number of hydrogen-bond acceptors (Lipinski definition) is 3. The van der Waals surface area contributed by atoms with Crippen LogP contribution in [0.3, 0.4) is 0 Å². The molecule has 1 aromatic carbocycles. The number of benzene rings is 1. The van der Waals surface area contributed by atoms with Gasteiger partial charge in [-0.05, 0) is 57.6 Å². The molecule has 0 radical (unpaired) electrons. The van der Waals surface area contributed by atoms with Crippen LogP contribution < -0.4 is 5.32 Å². The molecule has 1 N–H and O–H groups in total. The van der Waals surface area contributed by atoms with Gasteiger partial charge in [-0.2, -0.15) is 0 Å². The Bertz CT molecular complexity index is 458. The molecule has 1 aliphatic heterocycles. The van der Waals surface area contributed by atoms with Crippen LogP contribution in [-0.2, 0) is 6.42 Å². The standard InChI is InChI=1S/C18H31N3/c1-6-19-17(18-13-20(4)9-10-21(18)5)12-16-8-7-14(2)15(3)11-16/h7-8,11,17-19H,6,9-10,12-13H2,1-5H3. The first-order chi connectivity index (χ1) is 10.0. The summed E-state index contributed by atoms with van der Waals surface area (Å²) in [4.78, 5) is 4.98. The maximum absolute atomic E-state index is 3.72. The van der Waals surface area contributed by atoms with Gasteiger partial charge >= 0.3 is 0 Å². The Hall–Kier alpha value is -0.900. The summed E-state index contributed by atoms with van der Waals surface area (Å²) in [6.07, 6.45) is 1.11. The first-order valence-electron chi connectivity index (χ1n) is 8.19. The minimum absolute atomic E-state index is 0.518. The summed E-state index contributed by atoms with van der Waals surface area (Å²) in [6.45, 7) is 11.1. The van der Waals surface area contributed by atoms with Gasteiger partial charge < -0.3 is 10.2 Å². The molecule has 2 unspecified atom stereocenters. The summed E-state index contributed by atoms with van der Waals surface area (Å²) in [5.74, 6) is 0. The van der Waals surface area contributed by atoms with Gasteiger partial charge in [0.25, 0.3) is 0 Å². The molecule has 1 aromatic rings. The maximum atomic E-state index is 3.72. The highest BCUT2D eigenvalue weighted by Gasteiger charge is 2.29. The van der Waals surface area contributed by atoms with Crippen molar-refractivity contribution in [2.75, 3.05) is 40.3 Å². The zero-order chi connectivity index (χ0) is 15.4. The topological polar surface area (TPSA) is 18.5 Å². The second-order valence-electron chi connectivity index (χ2n) is 6.60. The van der Waals surface area contributed by atoms with E-state index in [4.69, 9.17) is 0 Å². The van der Waals surface area contributed by atoms with Crippen LogP contribution >= 0.6 is 0 Å². The van der Waals surface area contributed by atoms with Crippen molar-refractivity contribution in [2.45, 2.75) is 39.3 Å². The van der Waals surface area contributed by atoms with E-state index in [-0.39, 0.29) is 0 Å². The largest absolute Gasteiger partial charge is 0.312 e. The van der Waals surface area contributed by atoms with Crippen molar-refractivity contribution in [3.63, 3.8) is 0 Å². The number of rotatable bonds is 5. The number of hydrogen-bond donors (Lipinski definition) is 1. The molecule has 21 heavy (non-hydrogen) atoms. The fourth-order valence-corrected chi connectivity index (χ4v) is 3.27. The predicted octanol–water partition coefficient (Wildman–Crippen LogP) is 2.07. The van der Waals surface area contributed by atoms with E-state index in [2.05, 4.69) is 68.2 Å². The van der Waals surface area contributed by atoms with Crippen LogP contribution in [0.4, 0.5) is 0 Å². The molecule has 0 spiro atoms. The van der Waals surface area contributed by atoms with Gasteiger partial charge in [0.15, 0.2) is 0 Å². The van der Waals surface area contributed by atoms with Crippen molar-refractivity contribution in [1.29, 1.82) is 0 Å². The highest BCUT2D eigenvalue weighted by Crippen LogP contribution is 2.17. The van der Waals surface area contributed by atoms with E-state index in [1.807, 2.05) is 0 Å². The second kappa shape index (κ2) is 7.39. The van der Waals surface area contributed by atoms with Crippen molar-refractivity contribution in [3.8, 4) is 0 Å². The average Bonchev–Trinajstić information content (AvgIpc) is 2.45. The van der Waals surface area contributed by atoms with E-state index >= 15 is 0 Å². The molecule has 0 aliphatic carbocycles. The van der Waals surface area contributed by atoms with Crippen LogP contribution in [-0.4, -0.2) is 62.2 Å². The molecule has 0 aromatic heterocycles. The Morgan fingerprint density at radius 3 is 2.62 bits per heavy atom. The predicted molar refractivity (Wildman–Crippen MR) is 91.0 cm³/mol. The SMILES string of the molecule is CCNC(Cc1ccc(C)c(C)c1)C1CN(C)CCN1C. The van der Waals surface area contributed by atoms with E-state index in [0.29, 0.717) is 12.1 Å². The Balaban J connectivity index is 2.12. The molecule has 2 rings (SSSR count). The van der Waals surface area contributed by atoms with Crippen molar-refractivity contribution in [3.05, 3.63) is 34.9 Å². The summed E-state index contributed by atoms with van der Waals surface area (Å²) in [7, 11) is 4.50. The minimum atomic E-state index is 0.518. The van der Waals surface area contributed by atoms with Gasteiger partial charge in [0.05, 0.1) is 0 Å². The smallest absolute Gasteiger partial charge is 0.0377 e. The van der Waals surface area contributed by atoms with Crippen molar-refractivity contribution in [2.24, 2.45) is 0 Å². The zero-order valence-corrected chi connectivity index (χ0v) is 14.3. The Morgan fingerprint density at radius 1 is 1.19 bits per heavy atom. The van der Waals surface area contributed by atoms with Crippen LogP contribution in [0.25, 0.3) is 0 Å². The minimum Gasteiger partial charge on any atom is -0.312 e. The molecule has 118 valence electrons. The molecule has 2 atom stereocenters. The second-order valence-corrected chi connectivity index (χ2v) is 6.60. The van der Waals surface area contributed by atoms with Gasteiger partial charge in [-0.15, -0.1) is 0 Å². The quantitative estimate of drug-likeness (QED) is 0.895. The molecule has 1 fully saturated rings. The van der Waals surface area contributed by atoms with Crippen LogP contribution in [0.1, 0.15) is 23.6 Å². The van der Waals surface area contributed by atoms with E-state index in [9.17, 15) is 0 Å². The highest BCUT2D eigenvalue weighted by molar-refractivity contribution is 5.30. The van der Waals surface area contributed by atoms with Crippen LogP contribution in [0, 0.1) is 13.8 Å². The molecule has 0 saturated carbocycles. The molecular weight excluding hydrogens is 258 g/mol. The third-order valence-electron chi connectivity index (χ3n) is 4.86. The van der Waals surface area contributed by atoms with Crippen LogP contribution in [0.2, 0.25) is 0 Å². The van der Waals surface area contributed by atoms with Gasteiger partial charge in [-0.25, -0.2) is 0 Å². The lowest BCUT2D eigenvalue weighted by Crippen LogP contribution is -2.59. The summed E-state index contributed by atoms with van der Waals surface area (Å²) < 4.78 is 0. The van der Waals surface area contributed by atoms with E-state index in [1.54, 1.807) is 0 Å². The number of nitrogens with zero attached hydrogens (tertiary/aromatic N) is 2. The molecule has 1 saturated heterocycles. The fraction of sp³-hybridized carbons (Fsp3) is 0.667. The number of piperazine rings is 1. The van der Waals surface area contributed by atoms with Crippen molar-refractivity contribution < 1.29 is 0 Å². The first kappa shape index (κ1) is 16.5. The Labute approximate surface area is 130 Å². The van der Waals surface area contributed by atoms with E-state index in [1.165, 1.54) is 23.2 Å². The highest BCUT2D eigenvalue weighted by atomic mass is 15.3. The zero-order valence-electron chi connectivity index (χ0n) is 14.3. The fourth-order valence-electron chi connectivity index (χ4n) is 3.27. The molecular formula is C18H31N3. The van der Waals surface area contributed by atoms with E-state index < -0.39 is 0 Å². The van der Waals surface area contributed by atoms with Gasteiger partial charge in [0.2, 0.25) is 0 Å². The van der Waals surface area contributed by atoms with Crippen molar-refractivity contribution >= 4 is 0 Å². The number of nitrogens with one attached hydrogen (secondary N) is 1. The lowest BCUT2D eigenvalue weighted by molar-refractivity contribution is 0.0881. The summed E-state index contributed by atoms with van der Waals surface area (Å²) in [5.41, 5.74) is 4.23. The monoisotopic (exact) mass is 289 g/mol. The van der Waals surface area contributed by atoms with Gasteiger partial charge in [-0.1, -0.05) is 25.1 Å². The first-order valence-corrected chi connectivity index (χ1v) is 8.19. The van der Waals surface area contributed by atoms with Crippen LogP contribution in [0.15, 0.2) is 18.2 Å². The summed E-state index contributed by atoms with van der Waals surface area (Å²) in [5, 5.41) is 3.72. The Kier molecular flexibility index (Phi) is 5.80. The average molecular weight is 289 g/mol. The number of likely N-dealkylation sites (N-methyl/N-ethyl adjacent to an activating group) is 3.